The average Bonchev–Trinajstić information content (AvgIpc) is 3.33. The highest BCUT2D eigenvalue weighted by Gasteiger charge is 2.67. The smallest absolute Gasteiger partial charge is 0.333 e. The van der Waals surface area contributed by atoms with Crippen LogP contribution in [0.5, 0.6) is 0 Å². The van der Waals surface area contributed by atoms with Crippen molar-refractivity contribution in [3.05, 3.63) is 35.1 Å². The van der Waals surface area contributed by atoms with Gasteiger partial charge in [-0.25, -0.2) is 4.79 Å². The molecule has 4 atom stereocenters. The van der Waals surface area contributed by atoms with E-state index < -0.39 is 35.9 Å². The first-order valence-corrected chi connectivity index (χ1v) is 10.0. The first-order chi connectivity index (χ1) is 14.1. The molecule has 2 heterocycles. The zero-order valence-electron chi connectivity index (χ0n) is 17.9. The van der Waals surface area contributed by atoms with E-state index in [1.165, 1.54) is 19.3 Å². The summed E-state index contributed by atoms with van der Waals surface area (Å²) in [6.45, 7) is 9.09. The molecule has 3 rings (SSSR count). The molecule has 3 aliphatic rings. The van der Waals surface area contributed by atoms with Crippen LogP contribution in [0.2, 0.25) is 0 Å². The highest BCUT2D eigenvalue weighted by atomic mass is 16.7. The molecular formula is C22H28O8. The van der Waals surface area contributed by atoms with Crippen LogP contribution < -0.4 is 0 Å². The van der Waals surface area contributed by atoms with Crippen molar-refractivity contribution in [2.75, 3.05) is 13.2 Å². The number of carbonyl (C=O) groups is 3. The van der Waals surface area contributed by atoms with Gasteiger partial charge in [0.15, 0.2) is 6.10 Å². The van der Waals surface area contributed by atoms with Crippen LogP contribution in [0.25, 0.3) is 0 Å². The lowest BCUT2D eigenvalue weighted by Gasteiger charge is -2.33. The number of ether oxygens (including phenoxy) is 5. The Morgan fingerprint density at radius 2 is 1.93 bits per heavy atom. The van der Waals surface area contributed by atoms with Gasteiger partial charge >= 0.3 is 17.9 Å². The Kier molecular flexibility index (Phi) is 6.36. The predicted molar refractivity (Wildman–Crippen MR) is 105 cm³/mol. The van der Waals surface area contributed by atoms with Crippen LogP contribution in [-0.4, -0.2) is 49.1 Å². The van der Waals surface area contributed by atoms with E-state index in [4.69, 9.17) is 23.7 Å². The molecule has 0 N–H and O–H groups in total. The van der Waals surface area contributed by atoms with E-state index in [-0.39, 0.29) is 24.9 Å². The molecule has 0 saturated carbocycles. The molecule has 0 radical (unpaired) electrons. The van der Waals surface area contributed by atoms with E-state index in [1.807, 2.05) is 13.8 Å². The number of hydrogen-bond donors (Lipinski definition) is 0. The van der Waals surface area contributed by atoms with Crippen molar-refractivity contribution in [1.29, 1.82) is 0 Å². The molecular weight excluding hydrogens is 392 g/mol. The number of epoxide rings is 1. The van der Waals surface area contributed by atoms with Crippen molar-refractivity contribution < 1.29 is 38.1 Å². The van der Waals surface area contributed by atoms with Crippen molar-refractivity contribution in [2.45, 2.75) is 59.0 Å². The summed E-state index contributed by atoms with van der Waals surface area (Å²) in [6, 6.07) is 0. The Labute approximate surface area is 175 Å². The summed E-state index contributed by atoms with van der Waals surface area (Å²) in [5, 5.41) is 0. The molecule has 1 saturated heterocycles. The predicted octanol–water partition coefficient (Wildman–Crippen LogP) is 2.58. The van der Waals surface area contributed by atoms with Gasteiger partial charge in [0.2, 0.25) is 0 Å². The van der Waals surface area contributed by atoms with Crippen LogP contribution in [0.15, 0.2) is 35.1 Å². The Morgan fingerprint density at radius 3 is 2.50 bits per heavy atom. The molecule has 0 unspecified atom stereocenters. The third kappa shape index (κ3) is 4.75. The number of carbonyl (C=O) groups excluding carboxylic acids is 3. The molecule has 2 aliphatic heterocycles. The second-order valence-electron chi connectivity index (χ2n) is 8.44. The quantitative estimate of drug-likeness (QED) is 0.268. The summed E-state index contributed by atoms with van der Waals surface area (Å²) < 4.78 is 27.8. The molecule has 8 heteroatoms. The van der Waals surface area contributed by atoms with Crippen LogP contribution >= 0.6 is 0 Å². The molecule has 0 aromatic heterocycles. The van der Waals surface area contributed by atoms with Gasteiger partial charge in [0.05, 0.1) is 18.8 Å². The normalized spacial score (nSPS) is 28.7. The largest absolute Gasteiger partial charge is 0.461 e. The number of hydrogen-bond acceptors (Lipinski definition) is 8. The van der Waals surface area contributed by atoms with E-state index in [0.29, 0.717) is 12.2 Å². The number of fused-ring (bicyclic) bond motifs is 2. The average molecular weight is 420 g/mol. The van der Waals surface area contributed by atoms with Gasteiger partial charge in [-0.05, 0) is 31.4 Å². The summed E-state index contributed by atoms with van der Waals surface area (Å²) in [7, 11) is 0. The number of allylic oxidation sites excluding steroid dienone is 1. The monoisotopic (exact) mass is 420 g/mol. The topological polar surface area (TPSA) is 101 Å². The third-order valence-corrected chi connectivity index (χ3v) is 5.04. The maximum atomic E-state index is 12.3. The molecule has 1 aliphatic carbocycles. The molecule has 1 fully saturated rings. The van der Waals surface area contributed by atoms with E-state index in [0.717, 1.165) is 11.1 Å². The lowest BCUT2D eigenvalue weighted by Crippen LogP contribution is -2.44. The van der Waals surface area contributed by atoms with Crippen molar-refractivity contribution in [2.24, 2.45) is 11.8 Å². The number of rotatable bonds is 7. The van der Waals surface area contributed by atoms with Crippen molar-refractivity contribution in [1.82, 2.24) is 0 Å². The van der Waals surface area contributed by atoms with Crippen LogP contribution in [0.1, 0.15) is 41.0 Å². The minimum absolute atomic E-state index is 0.00492. The summed E-state index contributed by atoms with van der Waals surface area (Å²) in [6.07, 6.45) is 3.27. The fraction of sp³-hybridized carbons (Fsp3) is 0.591. The Bertz CT molecular complexity index is 811. The van der Waals surface area contributed by atoms with Gasteiger partial charge in [-0.1, -0.05) is 19.4 Å². The Hall–Kier alpha value is -2.61. The fourth-order valence-electron chi connectivity index (χ4n) is 3.69. The van der Waals surface area contributed by atoms with Gasteiger partial charge in [0.25, 0.3) is 6.29 Å². The molecule has 30 heavy (non-hydrogen) atoms. The SMILES string of the molecule is CC(=O)OCC1=CO[C@@H](OC(=O)C=C(C)C)[C@H]2C1=C[C@H](OC(=O)CC(C)C)[C@]21CO1. The second-order valence-corrected chi connectivity index (χ2v) is 8.44. The van der Waals surface area contributed by atoms with Crippen LogP contribution in [0, 0.1) is 11.8 Å². The van der Waals surface area contributed by atoms with Gasteiger partial charge in [-0.15, -0.1) is 0 Å². The van der Waals surface area contributed by atoms with Crippen molar-refractivity contribution in [3.63, 3.8) is 0 Å². The van der Waals surface area contributed by atoms with Crippen molar-refractivity contribution >= 4 is 17.9 Å². The second kappa shape index (κ2) is 8.63. The minimum Gasteiger partial charge on any atom is -0.461 e. The van der Waals surface area contributed by atoms with Gasteiger partial charge in [0.1, 0.15) is 12.2 Å². The first-order valence-electron chi connectivity index (χ1n) is 10.0. The van der Waals surface area contributed by atoms with Crippen molar-refractivity contribution in [3.8, 4) is 0 Å². The van der Waals surface area contributed by atoms with Crippen LogP contribution in [0.4, 0.5) is 0 Å². The van der Waals surface area contributed by atoms with Gasteiger partial charge in [-0.2, -0.15) is 0 Å². The Morgan fingerprint density at radius 1 is 1.23 bits per heavy atom. The van der Waals surface area contributed by atoms with Gasteiger partial charge in [0, 0.05) is 25.0 Å². The van der Waals surface area contributed by atoms with Crippen LogP contribution in [0.3, 0.4) is 0 Å². The summed E-state index contributed by atoms with van der Waals surface area (Å²) in [5.41, 5.74) is 1.29. The lowest BCUT2D eigenvalue weighted by molar-refractivity contribution is -0.180. The fourth-order valence-corrected chi connectivity index (χ4v) is 3.69. The van der Waals surface area contributed by atoms with E-state index >= 15 is 0 Å². The molecule has 0 aromatic rings. The van der Waals surface area contributed by atoms with E-state index in [9.17, 15) is 14.4 Å². The standard InChI is InChI=1S/C22H28O8/c1-12(2)6-18(24)29-17-8-16-15(9-26-14(5)23)10-27-21(20(16)22(17)11-28-22)30-19(25)7-13(3)4/h7-8,10,12,17,20-21H,6,9,11H2,1-5H3/t17-,20+,21-,22+/m0/s1. The minimum atomic E-state index is -0.947. The van der Waals surface area contributed by atoms with Gasteiger partial charge < -0.3 is 23.7 Å². The maximum Gasteiger partial charge on any atom is 0.333 e. The zero-order valence-corrected chi connectivity index (χ0v) is 17.9. The summed E-state index contributed by atoms with van der Waals surface area (Å²) in [4.78, 5) is 35.8. The van der Waals surface area contributed by atoms with Crippen LogP contribution in [-0.2, 0) is 38.1 Å². The lowest BCUT2D eigenvalue weighted by atomic mass is 9.85. The highest BCUT2D eigenvalue weighted by Crippen LogP contribution is 2.54. The highest BCUT2D eigenvalue weighted by molar-refractivity contribution is 5.82. The Balaban J connectivity index is 1.86. The maximum absolute atomic E-state index is 12.3. The molecule has 0 aromatic carbocycles. The van der Waals surface area contributed by atoms with E-state index in [2.05, 4.69) is 0 Å². The summed E-state index contributed by atoms with van der Waals surface area (Å²) in [5.74, 6) is -1.64. The van der Waals surface area contributed by atoms with Gasteiger partial charge in [-0.3, -0.25) is 9.59 Å². The molecule has 8 nitrogen and oxygen atoms in total. The molecule has 1 spiro atoms. The third-order valence-electron chi connectivity index (χ3n) is 5.04. The molecule has 0 bridgehead atoms. The summed E-state index contributed by atoms with van der Waals surface area (Å²) >= 11 is 0. The number of esters is 3. The zero-order chi connectivity index (χ0) is 22.1. The molecule has 164 valence electrons. The first kappa shape index (κ1) is 22.1. The molecule has 0 amide bonds. The van der Waals surface area contributed by atoms with E-state index in [1.54, 1.807) is 19.9 Å².